The van der Waals surface area contributed by atoms with Crippen LogP contribution in [0.5, 0.6) is 11.5 Å². The maximum Gasteiger partial charge on any atom is 0.258 e. The van der Waals surface area contributed by atoms with Gasteiger partial charge in [-0.15, -0.1) is 0 Å². The van der Waals surface area contributed by atoms with E-state index >= 15 is 0 Å². The normalized spacial score (nSPS) is 11.5. The standard InChI is InChI=1S/C16H18N2O3/c1-12(13-6-5-9-17-10-13)18-16(19)11-21-15-8-4-3-7-14(15)20-2/h3-10,12H,11H2,1-2H3,(H,18,19). The van der Waals surface area contributed by atoms with E-state index < -0.39 is 0 Å². The lowest BCUT2D eigenvalue weighted by Gasteiger charge is -2.15. The van der Waals surface area contributed by atoms with Crippen molar-refractivity contribution < 1.29 is 14.3 Å². The van der Waals surface area contributed by atoms with Crippen molar-refractivity contribution in [1.82, 2.24) is 10.3 Å². The van der Waals surface area contributed by atoms with Crippen molar-refractivity contribution in [3.63, 3.8) is 0 Å². The number of hydrogen-bond donors (Lipinski definition) is 1. The monoisotopic (exact) mass is 286 g/mol. The van der Waals surface area contributed by atoms with Gasteiger partial charge in [0.15, 0.2) is 18.1 Å². The minimum atomic E-state index is -0.197. The quantitative estimate of drug-likeness (QED) is 0.885. The zero-order chi connectivity index (χ0) is 15.1. The van der Waals surface area contributed by atoms with Crippen LogP contribution in [0.3, 0.4) is 0 Å². The minimum absolute atomic E-state index is 0.0645. The molecule has 0 fully saturated rings. The number of hydrogen-bond acceptors (Lipinski definition) is 4. The number of benzene rings is 1. The molecule has 0 bridgehead atoms. The number of nitrogens with one attached hydrogen (secondary N) is 1. The average molecular weight is 286 g/mol. The smallest absolute Gasteiger partial charge is 0.258 e. The summed E-state index contributed by atoms with van der Waals surface area (Å²) in [6.07, 6.45) is 3.43. The Bertz CT molecular complexity index is 587. The van der Waals surface area contributed by atoms with E-state index in [4.69, 9.17) is 9.47 Å². The molecule has 0 aliphatic rings. The summed E-state index contributed by atoms with van der Waals surface area (Å²) in [7, 11) is 1.56. The molecule has 0 aliphatic carbocycles. The van der Waals surface area contributed by atoms with E-state index in [1.165, 1.54) is 0 Å². The third kappa shape index (κ3) is 4.21. The first-order valence-corrected chi connectivity index (χ1v) is 6.66. The predicted octanol–water partition coefficient (Wildman–Crippen LogP) is 2.35. The van der Waals surface area contributed by atoms with E-state index in [9.17, 15) is 4.79 Å². The van der Waals surface area contributed by atoms with Crippen LogP contribution >= 0.6 is 0 Å². The highest BCUT2D eigenvalue weighted by atomic mass is 16.5. The van der Waals surface area contributed by atoms with E-state index in [1.54, 1.807) is 31.6 Å². The lowest BCUT2D eigenvalue weighted by atomic mass is 10.1. The van der Waals surface area contributed by atoms with Gasteiger partial charge in [0, 0.05) is 12.4 Å². The molecule has 2 aromatic rings. The highest BCUT2D eigenvalue weighted by molar-refractivity contribution is 5.78. The highest BCUT2D eigenvalue weighted by Gasteiger charge is 2.11. The first-order chi connectivity index (χ1) is 10.2. The molecule has 1 atom stereocenters. The van der Waals surface area contributed by atoms with Gasteiger partial charge in [0.25, 0.3) is 5.91 Å². The van der Waals surface area contributed by atoms with Crippen molar-refractivity contribution in [2.45, 2.75) is 13.0 Å². The summed E-state index contributed by atoms with van der Waals surface area (Å²) >= 11 is 0. The number of methoxy groups -OCH3 is 1. The number of pyridine rings is 1. The molecular formula is C16H18N2O3. The molecule has 21 heavy (non-hydrogen) atoms. The predicted molar refractivity (Wildman–Crippen MR) is 79.3 cm³/mol. The summed E-state index contributed by atoms with van der Waals surface area (Å²) in [5.41, 5.74) is 0.947. The van der Waals surface area contributed by atoms with Crippen LogP contribution in [0.2, 0.25) is 0 Å². The summed E-state index contributed by atoms with van der Waals surface area (Å²) in [5, 5.41) is 2.86. The zero-order valence-corrected chi connectivity index (χ0v) is 12.1. The Morgan fingerprint density at radius 3 is 2.67 bits per heavy atom. The molecule has 0 saturated heterocycles. The van der Waals surface area contributed by atoms with Gasteiger partial charge in [-0.25, -0.2) is 0 Å². The summed E-state index contributed by atoms with van der Waals surface area (Å²) in [6.45, 7) is 1.84. The molecule has 0 spiro atoms. The van der Waals surface area contributed by atoms with Gasteiger partial charge in [0.2, 0.25) is 0 Å². The maximum absolute atomic E-state index is 11.9. The molecule has 0 aliphatic heterocycles. The van der Waals surface area contributed by atoms with Gasteiger partial charge in [-0.3, -0.25) is 9.78 Å². The molecule has 1 aromatic carbocycles. The number of carbonyl (C=O) groups is 1. The van der Waals surface area contributed by atoms with Crippen LogP contribution in [0.15, 0.2) is 48.8 Å². The van der Waals surface area contributed by atoms with Crippen LogP contribution in [-0.2, 0) is 4.79 Å². The fourth-order valence-electron chi connectivity index (χ4n) is 1.88. The van der Waals surface area contributed by atoms with Crippen molar-refractivity contribution in [3.05, 3.63) is 54.4 Å². The molecule has 1 unspecified atom stereocenters. The minimum Gasteiger partial charge on any atom is -0.493 e. The summed E-state index contributed by atoms with van der Waals surface area (Å²) in [4.78, 5) is 15.9. The molecule has 1 amide bonds. The van der Waals surface area contributed by atoms with Gasteiger partial charge in [-0.1, -0.05) is 18.2 Å². The molecule has 1 aromatic heterocycles. The van der Waals surface area contributed by atoms with E-state index in [0.29, 0.717) is 11.5 Å². The Balaban J connectivity index is 1.88. The molecule has 110 valence electrons. The number of para-hydroxylation sites is 2. The number of ether oxygens (including phenoxy) is 2. The lowest BCUT2D eigenvalue weighted by molar-refractivity contribution is -0.123. The first kappa shape index (κ1) is 14.8. The van der Waals surface area contributed by atoms with Crippen molar-refractivity contribution in [2.75, 3.05) is 13.7 Å². The Labute approximate surface area is 123 Å². The number of nitrogens with zero attached hydrogens (tertiary/aromatic N) is 1. The zero-order valence-electron chi connectivity index (χ0n) is 12.1. The second-order valence-corrected chi connectivity index (χ2v) is 4.52. The van der Waals surface area contributed by atoms with Crippen LogP contribution in [0, 0.1) is 0 Å². The van der Waals surface area contributed by atoms with Crippen LogP contribution in [-0.4, -0.2) is 24.6 Å². The molecule has 5 nitrogen and oxygen atoms in total. The maximum atomic E-state index is 11.9. The fourth-order valence-corrected chi connectivity index (χ4v) is 1.88. The Kier molecular flexibility index (Phi) is 5.15. The van der Waals surface area contributed by atoms with Gasteiger partial charge in [0.1, 0.15) is 0 Å². The summed E-state index contributed by atoms with van der Waals surface area (Å²) in [5.74, 6) is 0.951. The van der Waals surface area contributed by atoms with Crippen LogP contribution in [0.1, 0.15) is 18.5 Å². The van der Waals surface area contributed by atoms with Gasteiger partial charge < -0.3 is 14.8 Å². The van der Waals surface area contributed by atoms with E-state index in [-0.39, 0.29) is 18.6 Å². The van der Waals surface area contributed by atoms with E-state index in [0.717, 1.165) is 5.56 Å². The Hall–Kier alpha value is -2.56. The topological polar surface area (TPSA) is 60.5 Å². The summed E-state index contributed by atoms with van der Waals surface area (Å²) < 4.78 is 10.6. The first-order valence-electron chi connectivity index (χ1n) is 6.66. The van der Waals surface area contributed by atoms with Gasteiger partial charge in [-0.05, 0) is 30.7 Å². The van der Waals surface area contributed by atoms with Crippen molar-refractivity contribution >= 4 is 5.91 Å². The van der Waals surface area contributed by atoms with Crippen LogP contribution in [0.4, 0.5) is 0 Å². The lowest BCUT2D eigenvalue weighted by Crippen LogP contribution is -2.31. The van der Waals surface area contributed by atoms with E-state index in [2.05, 4.69) is 10.3 Å². The average Bonchev–Trinajstić information content (AvgIpc) is 2.54. The Morgan fingerprint density at radius 1 is 1.24 bits per heavy atom. The second kappa shape index (κ2) is 7.28. The van der Waals surface area contributed by atoms with Crippen LogP contribution < -0.4 is 14.8 Å². The van der Waals surface area contributed by atoms with Crippen molar-refractivity contribution in [1.29, 1.82) is 0 Å². The third-order valence-corrected chi connectivity index (χ3v) is 2.99. The van der Waals surface area contributed by atoms with Gasteiger partial charge >= 0.3 is 0 Å². The molecule has 2 rings (SSSR count). The van der Waals surface area contributed by atoms with Gasteiger partial charge in [-0.2, -0.15) is 0 Å². The molecule has 5 heteroatoms. The van der Waals surface area contributed by atoms with Crippen LogP contribution in [0.25, 0.3) is 0 Å². The number of carbonyl (C=O) groups excluding carboxylic acids is 1. The fraction of sp³-hybridized carbons (Fsp3) is 0.250. The van der Waals surface area contributed by atoms with Crippen molar-refractivity contribution in [2.24, 2.45) is 0 Å². The second-order valence-electron chi connectivity index (χ2n) is 4.52. The number of rotatable bonds is 6. The van der Waals surface area contributed by atoms with Gasteiger partial charge in [0.05, 0.1) is 13.2 Å². The number of amides is 1. The van der Waals surface area contributed by atoms with Crippen molar-refractivity contribution in [3.8, 4) is 11.5 Å². The Morgan fingerprint density at radius 2 is 2.00 bits per heavy atom. The highest BCUT2D eigenvalue weighted by Crippen LogP contribution is 2.25. The largest absolute Gasteiger partial charge is 0.493 e. The third-order valence-electron chi connectivity index (χ3n) is 2.99. The SMILES string of the molecule is COc1ccccc1OCC(=O)NC(C)c1cccnc1. The molecular weight excluding hydrogens is 268 g/mol. The van der Waals surface area contributed by atoms with E-state index in [1.807, 2.05) is 31.2 Å². The molecule has 0 radical (unpaired) electrons. The summed E-state index contributed by atoms with van der Waals surface area (Å²) in [6, 6.07) is 10.8. The number of aromatic nitrogens is 1. The molecule has 0 saturated carbocycles. The molecule has 1 N–H and O–H groups in total. The molecule has 1 heterocycles.